The minimum absolute atomic E-state index is 0.0306. The van der Waals surface area contributed by atoms with Crippen molar-refractivity contribution in [3.63, 3.8) is 0 Å². The number of carbonyl (C=O) groups excluding carboxylic acids is 1. The monoisotopic (exact) mass is 279 g/mol. The van der Waals surface area contributed by atoms with Gasteiger partial charge in [0, 0.05) is 44.7 Å². The van der Waals surface area contributed by atoms with Crippen LogP contribution in [-0.4, -0.2) is 35.4 Å². The first kappa shape index (κ1) is 14.2. The van der Waals surface area contributed by atoms with Gasteiger partial charge in [-0.05, 0) is 11.6 Å². The van der Waals surface area contributed by atoms with Gasteiger partial charge in [0.1, 0.15) is 0 Å². The lowest BCUT2D eigenvalue weighted by Crippen LogP contribution is -2.28. The van der Waals surface area contributed by atoms with Gasteiger partial charge in [-0.3, -0.25) is 25.7 Å². The van der Waals surface area contributed by atoms with E-state index < -0.39 is 4.92 Å². The lowest BCUT2D eigenvalue weighted by molar-refractivity contribution is -0.384. The van der Waals surface area contributed by atoms with E-state index in [2.05, 4.69) is 15.6 Å². The van der Waals surface area contributed by atoms with Crippen LogP contribution in [0.3, 0.4) is 0 Å². The molecule has 8 nitrogen and oxygen atoms in total. The maximum Gasteiger partial charge on any atom is 0.269 e. The van der Waals surface area contributed by atoms with E-state index in [1.54, 1.807) is 6.07 Å². The van der Waals surface area contributed by atoms with E-state index in [1.165, 1.54) is 12.1 Å². The summed E-state index contributed by atoms with van der Waals surface area (Å²) in [5.74, 6) is 5.46. The van der Waals surface area contributed by atoms with Crippen LogP contribution in [0.15, 0.2) is 18.2 Å². The third kappa shape index (κ3) is 3.43. The fraction of sp³-hybridized carbons (Fsp3) is 0.417. The molecule has 0 atom stereocenters. The second-order valence-corrected chi connectivity index (χ2v) is 4.62. The lowest BCUT2D eigenvalue weighted by atomic mass is 10.1. The highest BCUT2D eigenvalue weighted by molar-refractivity contribution is 5.76. The SMILES string of the molecule is NNc1ccc([N+](=O)[O-])cc1CN1CCNC(=O)CC1. The fourth-order valence-corrected chi connectivity index (χ4v) is 2.18. The molecule has 0 aliphatic carbocycles. The summed E-state index contributed by atoms with van der Waals surface area (Å²) in [6, 6.07) is 4.51. The predicted molar refractivity (Wildman–Crippen MR) is 73.8 cm³/mol. The van der Waals surface area contributed by atoms with E-state index in [9.17, 15) is 14.9 Å². The second-order valence-electron chi connectivity index (χ2n) is 4.62. The van der Waals surface area contributed by atoms with Gasteiger partial charge >= 0.3 is 0 Å². The number of hydrazine groups is 1. The summed E-state index contributed by atoms with van der Waals surface area (Å²) in [6.07, 6.45) is 0.431. The highest BCUT2D eigenvalue weighted by Gasteiger charge is 2.17. The van der Waals surface area contributed by atoms with E-state index in [4.69, 9.17) is 5.84 Å². The Balaban J connectivity index is 2.16. The molecule has 1 aromatic rings. The van der Waals surface area contributed by atoms with Crippen molar-refractivity contribution in [3.05, 3.63) is 33.9 Å². The number of nitrogens with two attached hydrogens (primary N) is 1. The van der Waals surface area contributed by atoms with Crippen molar-refractivity contribution in [3.8, 4) is 0 Å². The van der Waals surface area contributed by atoms with Gasteiger partial charge in [0.15, 0.2) is 0 Å². The number of non-ortho nitro benzene ring substituents is 1. The lowest BCUT2D eigenvalue weighted by Gasteiger charge is -2.20. The molecule has 2 rings (SSSR count). The molecule has 1 heterocycles. The van der Waals surface area contributed by atoms with Gasteiger partial charge in [-0.1, -0.05) is 0 Å². The number of rotatable bonds is 4. The Kier molecular flexibility index (Phi) is 4.49. The van der Waals surface area contributed by atoms with Crippen LogP contribution in [0.2, 0.25) is 0 Å². The van der Waals surface area contributed by atoms with Gasteiger partial charge in [-0.2, -0.15) is 0 Å². The molecule has 108 valence electrons. The molecule has 1 aromatic carbocycles. The van der Waals surface area contributed by atoms with Crippen molar-refractivity contribution in [2.45, 2.75) is 13.0 Å². The molecule has 0 aromatic heterocycles. The topological polar surface area (TPSA) is 114 Å². The number of carbonyl (C=O) groups is 1. The van der Waals surface area contributed by atoms with Crippen LogP contribution < -0.4 is 16.6 Å². The fourth-order valence-electron chi connectivity index (χ4n) is 2.18. The van der Waals surface area contributed by atoms with Gasteiger partial charge in [-0.15, -0.1) is 0 Å². The van der Waals surface area contributed by atoms with Crippen molar-refractivity contribution in [2.24, 2.45) is 5.84 Å². The number of nitrogen functional groups attached to an aromatic ring is 1. The van der Waals surface area contributed by atoms with Gasteiger partial charge in [0.2, 0.25) is 5.91 Å². The first-order valence-corrected chi connectivity index (χ1v) is 6.33. The van der Waals surface area contributed by atoms with Gasteiger partial charge in [-0.25, -0.2) is 0 Å². The molecule has 1 fully saturated rings. The van der Waals surface area contributed by atoms with E-state index >= 15 is 0 Å². The van der Waals surface area contributed by atoms with E-state index in [1.807, 2.05) is 0 Å². The van der Waals surface area contributed by atoms with E-state index in [0.29, 0.717) is 38.3 Å². The average Bonchev–Trinajstić information content (AvgIpc) is 2.63. The van der Waals surface area contributed by atoms with E-state index in [0.717, 1.165) is 5.56 Å². The van der Waals surface area contributed by atoms with Crippen LogP contribution in [0.5, 0.6) is 0 Å². The highest BCUT2D eigenvalue weighted by atomic mass is 16.6. The largest absolute Gasteiger partial charge is 0.355 e. The number of hydrogen-bond donors (Lipinski definition) is 3. The third-order valence-corrected chi connectivity index (χ3v) is 3.25. The summed E-state index contributed by atoms with van der Waals surface area (Å²) in [5.41, 5.74) is 3.97. The van der Waals surface area contributed by atoms with E-state index in [-0.39, 0.29) is 11.6 Å². The Bertz CT molecular complexity index is 520. The van der Waals surface area contributed by atoms with Gasteiger partial charge < -0.3 is 10.7 Å². The number of nitrogens with zero attached hydrogens (tertiary/aromatic N) is 2. The minimum atomic E-state index is -0.433. The zero-order valence-corrected chi connectivity index (χ0v) is 11.0. The summed E-state index contributed by atoms with van der Waals surface area (Å²) in [7, 11) is 0. The number of anilines is 1. The molecule has 0 saturated carbocycles. The molecule has 1 aliphatic heterocycles. The Labute approximate surface area is 116 Å². The second kappa shape index (κ2) is 6.31. The molecule has 0 bridgehead atoms. The standard InChI is InChI=1S/C12H17N5O3/c13-15-11-2-1-10(17(19)20)7-9(11)8-16-5-3-12(18)14-4-6-16/h1-2,7,15H,3-6,8,13H2,(H,14,18). The van der Waals surface area contributed by atoms with Crippen LogP contribution in [0.25, 0.3) is 0 Å². The smallest absolute Gasteiger partial charge is 0.269 e. The number of nitro benzene ring substituents is 1. The zero-order chi connectivity index (χ0) is 14.5. The molecule has 1 aliphatic rings. The number of nitro groups is 1. The average molecular weight is 279 g/mol. The van der Waals surface area contributed by atoms with Crippen molar-refractivity contribution in [2.75, 3.05) is 25.1 Å². The van der Waals surface area contributed by atoms with Crippen LogP contribution in [-0.2, 0) is 11.3 Å². The molecular weight excluding hydrogens is 262 g/mol. The van der Waals surface area contributed by atoms with Crippen molar-refractivity contribution < 1.29 is 9.72 Å². The first-order valence-electron chi connectivity index (χ1n) is 6.33. The summed E-state index contributed by atoms with van der Waals surface area (Å²) >= 11 is 0. The summed E-state index contributed by atoms with van der Waals surface area (Å²) < 4.78 is 0. The van der Waals surface area contributed by atoms with Crippen LogP contribution >= 0.6 is 0 Å². The molecule has 1 saturated heterocycles. The predicted octanol–water partition coefficient (Wildman–Crippen LogP) is 0.202. The Morgan fingerprint density at radius 2 is 2.25 bits per heavy atom. The molecule has 20 heavy (non-hydrogen) atoms. The number of hydrogen-bond acceptors (Lipinski definition) is 6. The third-order valence-electron chi connectivity index (χ3n) is 3.25. The number of amides is 1. The molecule has 8 heteroatoms. The van der Waals surface area contributed by atoms with Crippen molar-refractivity contribution in [1.29, 1.82) is 0 Å². The molecule has 0 radical (unpaired) electrons. The maximum absolute atomic E-state index is 11.3. The maximum atomic E-state index is 11.3. The number of nitrogens with one attached hydrogen (secondary N) is 2. The summed E-state index contributed by atoms with van der Waals surface area (Å²) in [4.78, 5) is 23.8. The Morgan fingerprint density at radius 3 is 2.95 bits per heavy atom. The Hall–Kier alpha value is -2.19. The normalized spacial score (nSPS) is 16.4. The van der Waals surface area contributed by atoms with Crippen LogP contribution in [0.1, 0.15) is 12.0 Å². The van der Waals surface area contributed by atoms with Gasteiger partial charge in [0.25, 0.3) is 5.69 Å². The molecule has 1 amide bonds. The minimum Gasteiger partial charge on any atom is -0.355 e. The van der Waals surface area contributed by atoms with Crippen molar-refractivity contribution in [1.82, 2.24) is 10.2 Å². The highest BCUT2D eigenvalue weighted by Crippen LogP contribution is 2.23. The van der Waals surface area contributed by atoms with Gasteiger partial charge in [0.05, 0.1) is 10.6 Å². The molecule has 0 unspecified atom stereocenters. The Morgan fingerprint density at radius 1 is 1.45 bits per heavy atom. The summed E-state index contributed by atoms with van der Waals surface area (Å²) in [5, 5.41) is 13.6. The first-order chi connectivity index (χ1) is 9.60. The summed E-state index contributed by atoms with van der Waals surface area (Å²) in [6.45, 7) is 2.42. The quantitative estimate of drug-likeness (QED) is 0.412. The molecule has 0 spiro atoms. The van der Waals surface area contributed by atoms with Crippen molar-refractivity contribution >= 4 is 17.3 Å². The zero-order valence-electron chi connectivity index (χ0n) is 11.0. The molecular formula is C12H17N5O3. The van der Waals surface area contributed by atoms with Crippen LogP contribution in [0.4, 0.5) is 11.4 Å². The molecule has 4 N–H and O–H groups in total. The number of benzene rings is 1. The van der Waals surface area contributed by atoms with Crippen LogP contribution in [0, 0.1) is 10.1 Å².